The molecule has 0 spiro atoms. The molecule has 0 radical (unpaired) electrons. The van der Waals surface area contributed by atoms with Gasteiger partial charge in [0.1, 0.15) is 28.0 Å². The molecule has 0 bridgehead atoms. The number of rotatable bonds is 3. The van der Waals surface area contributed by atoms with Gasteiger partial charge < -0.3 is 14.5 Å². The van der Waals surface area contributed by atoms with E-state index in [0.29, 0.717) is 33.2 Å². The average Bonchev–Trinajstić information content (AvgIpc) is 3.02. The van der Waals surface area contributed by atoms with E-state index >= 15 is 0 Å². The number of thiophene rings is 1. The second kappa shape index (κ2) is 7.13. The minimum Gasteiger partial charge on any atom is -0.497 e. The van der Waals surface area contributed by atoms with Crippen LogP contribution >= 0.6 is 11.3 Å². The van der Waals surface area contributed by atoms with Crippen LogP contribution in [0.3, 0.4) is 0 Å². The molecule has 7 heteroatoms. The highest BCUT2D eigenvalue weighted by atomic mass is 32.1. The van der Waals surface area contributed by atoms with Crippen LogP contribution in [0.5, 0.6) is 5.75 Å². The van der Waals surface area contributed by atoms with E-state index in [1.165, 1.54) is 24.5 Å². The largest absolute Gasteiger partial charge is 0.497 e. The Labute approximate surface area is 165 Å². The number of ether oxygens (including phenoxy) is 1. The second-order valence-electron chi connectivity index (χ2n) is 6.97. The third-order valence-corrected chi connectivity index (χ3v) is 6.20. The van der Waals surface area contributed by atoms with Crippen LogP contribution in [0.25, 0.3) is 11.0 Å². The smallest absolute Gasteiger partial charge is 0.349 e. The molecule has 6 nitrogen and oxygen atoms in total. The predicted octanol–water partition coefficient (Wildman–Crippen LogP) is 4.11. The number of carbonyl (C=O) groups excluding carboxylic acids is 1. The van der Waals surface area contributed by atoms with E-state index in [2.05, 4.69) is 18.3 Å². The van der Waals surface area contributed by atoms with Gasteiger partial charge >= 0.3 is 5.63 Å². The van der Waals surface area contributed by atoms with Crippen molar-refractivity contribution in [1.82, 2.24) is 0 Å². The van der Waals surface area contributed by atoms with E-state index in [1.807, 2.05) is 0 Å². The van der Waals surface area contributed by atoms with Crippen molar-refractivity contribution in [2.45, 2.75) is 26.2 Å². The molecule has 2 heterocycles. The number of carbonyl (C=O) groups is 1. The van der Waals surface area contributed by atoms with Crippen LogP contribution in [0.1, 0.15) is 39.7 Å². The lowest BCUT2D eigenvalue weighted by molar-refractivity contribution is 0.102. The summed E-state index contributed by atoms with van der Waals surface area (Å²) in [5.74, 6) is 0.574. The zero-order valence-corrected chi connectivity index (χ0v) is 16.3. The number of nitrogens with one attached hydrogen (secondary N) is 1. The van der Waals surface area contributed by atoms with Gasteiger partial charge in [-0.3, -0.25) is 4.79 Å². The van der Waals surface area contributed by atoms with E-state index in [1.54, 1.807) is 18.2 Å². The van der Waals surface area contributed by atoms with Crippen molar-refractivity contribution in [3.05, 3.63) is 56.3 Å². The number of methoxy groups -OCH3 is 1. The third kappa shape index (κ3) is 3.16. The number of hydrogen-bond acceptors (Lipinski definition) is 6. The van der Waals surface area contributed by atoms with Crippen LogP contribution in [-0.2, 0) is 12.8 Å². The highest BCUT2D eigenvalue weighted by Gasteiger charge is 2.25. The van der Waals surface area contributed by atoms with Crippen LogP contribution in [0.15, 0.2) is 33.5 Å². The maximum absolute atomic E-state index is 12.8. The summed E-state index contributed by atoms with van der Waals surface area (Å²) >= 11 is 1.42. The van der Waals surface area contributed by atoms with Crippen LogP contribution < -0.4 is 15.7 Å². The van der Waals surface area contributed by atoms with Gasteiger partial charge in [0.25, 0.3) is 5.91 Å². The first kappa shape index (κ1) is 18.3. The van der Waals surface area contributed by atoms with Gasteiger partial charge in [0.2, 0.25) is 0 Å². The molecule has 0 saturated carbocycles. The predicted molar refractivity (Wildman–Crippen MR) is 107 cm³/mol. The molecule has 4 rings (SSSR count). The van der Waals surface area contributed by atoms with Crippen molar-refractivity contribution in [2.75, 3.05) is 12.4 Å². The summed E-state index contributed by atoms with van der Waals surface area (Å²) in [5.41, 5.74) is 1.08. The number of hydrogen-bond donors (Lipinski definition) is 1. The van der Waals surface area contributed by atoms with E-state index in [9.17, 15) is 14.9 Å². The van der Waals surface area contributed by atoms with Gasteiger partial charge in [0.15, 0.2) is 0 Å². The lowest BCUT2D eigenvalue weighted by Crippen LogP contribution is -2.20. The quantitative estimate of drug-likeness (QED) is 0.675. The fraction of sp³-hybridized carbons (Fsp3) is 0.286. The molecule has 1 amide bonds. The number of anilines is 1. The molecule has 1 atom stereocenters. The Bertz CT molecular complexity index is 1190. The molecule has 1 aliphatic rings. The highest BCUT2D eigenvalue weighted by molar-refractivity contribution is 7.16. The number of amides is 1. The molecular weight excluding hydrogens is 376 g/mol. The summed E-state index contributed by atoms with van der Waals surface area (Å²) in [6.45, 7) is 2.18. The Morgan fingerprint density at radius 1 is 1.39 bits per heavy atom. The Kier molecular flexibility index (Phi) is 4.65. The summed E-state index contributed by atoms with van der Waals surface area (Å²) in [5, 5.41) is 13.4. The van der Waals surface area contributed by atoms with E-state index in [0.717, 1.165) is 29.7 Å². The van der Waals surface area contributed by atoms with Gasteiger partial charge in [-0.15, -0.1) is 11.3 Å². The van der Waals surface area contributed by atoms with Crippen LogP contribution in [0.4, 0.5) is 5.00 Å². The molecule has 1 unspecified atom stereocenters. The molecule has 1 aromatic carbocycles. The Balaban J connectivity index is 1.70. The van der Waals surface area contributed by atoms with Gasteiger partial charge in [-0.2, -0.15) is 5.26 Å². The lowest BCUT2D eigenvalue weighted by Gasteiger charge is -2.17. The number of benzene rings is 1. The van der Waals surface area contributed by atoms with Crippen molar-refractivity contribution in [1.29, 1.82) is 5.26 Å². The van der Waals surface area contributed by atoms with Gasteiger partial charge in [0.05, 0.1) is 12.7 Å². The number of nitriles is 1. The molecule has 0 aliphatic heterocycles. The van der Waals surface area contributed by atoms with E-state index in [-0.39, 0.29) is 5.56 Å². The van der Waals surface area contributed by atoms with Crippen LogP contribution in [0.2, 0.25) is 0 Å². The molecule has 1 aliphatic carbocycles. The topological polar surface area (TPSA) is 92.3 Å². The zero-order chi connectivity index (χ0) is 19.8. The standard InChI is InChI=1S/C21H18N2O4S/c1-11-3-5-14-16(10-22)20(28-18(14)7-11)23-19(24)15-9-12-8-13(26-2)4-6-17(12)27-21(15)25/h4,6,8-9,11H,3,5,7H2,1-2H3,(H,23,24). The number of fused-ring (bicyclic) bond motifs is 2. The molecule has 2 aromatic heterocycles. The first-order valence-corrected chi connectivity index (χ1v) is 9.79. The molecule has 142 valence electrons. The minimum absolute atomic E-state index is 0.107. The first-order chi connectivity index (χ1) is 13.5. The molecule has 1 N–H and O–H groups in total. The summed E-state index contributed by atoms with van der Waals surface area (Å²) < 4.78 is 10.4. The monoisotopic (exact) mass is 394 g/mol. The molecular formula is C21H18N2O4S. The van der Waals surface area contributed by atoms with Crippen LogP contribution in [-0.4, -0.2) is 13.0 Å². The zero-order valence-electron chi connectivity index (χ0n) is 15.5. The van der Waals surface area contributed by atoms with Crippen molar-refractivity contribution < 1.29 is 13.9 Å². The normalized spacial score (nSPS) is 15.7. The lowest BCUT2D eigenvalue weighted by atomic mass is 9.88. The summed E-state index contributed by atoms with van der Waals surface area (Å²) in [4.78, 5) is 26.2. The van der Waals surface area contributed by atoms with Crippen molar-refractivity contribution in [3.8, 4) is 11.8 Å². The Hall–Kier alpha value is -3.11. The summed E-state index contributed by atoms with van der Waals surface area (Å²) in [7, 11) is 1.54. The maximum Gasteiger partial charge on any atom is 0.349 e. The fourth-order valence-electron chi connectivity index (χ4n) is 3.51. The second-order valence-corrected chi connectivity index (χ2v) is 8.08. The van der Waals surface area contributed by atoms with Gasteiger partial charge in [-0.25, -0.2) is 4.79 Å². The average molecular weight is 394 g/mol. The number of nitrogens with zero attached hydrogens (tertiary/aromatic N) is 1. The Morgan fingerprint density at radius 3 is 2.96 bits per heavy atom. The highest BCUT2D eigenvalue weighted by Crippen LogP contribution is 2.39. The molecule has 3 aromatic rings. The maximum atomic E-state index is 12.8. The SMILES string of the molecule is COc1ccc2oc(=O)c(C(=O)Nc3sc4c(c3C#N)CCC(C)C4)cc2c1. The van der Waals surface area contributed by atoms with Crippen molar-refractivity contribution in [2.24, 2.45) is 5.92 Å². The van der Waals surface area contributed by atoms with Crippen LogP contribution in [0, 0.1) is 17.2 Å². The van der Waals surface area contributed by atoms with Gasteiger partial charge in [-0.05, 0) is 55.0 Å². The third-order valence-electron chi connectivity index (χ3n) is 5.03. The van der Waals surface area contributed by atoms with E-state index < -0.39 is 11.5 Å². The fourth-order valence-corrected chi connectivity index (χ4v) is 4.87. The van der Waals surface area contributed by atoms with Crippen molar-refractivity contribution >= 4 is 33.2 Å². The van der Waals surface area contributed by atoms with E-state index in [4.69, 9.17) is 9.15 Å². The molecule has 0 saturated heterocycles. The van der Waals surface area contributed by atoms with Gasteiger partial charge in [-0.1, -0.05) is 6.92 Å². The molecule has 0 fully saturated rings. The molecule has 28 heavy (non-hydrogen) atoms. The summed E-state index contributed by atoms with van der Waals surface area (Å²) in [6, 6.07) is 8.70. The summed E-state index contributed by atoms with van der Waals surface area (Å²) in [6.07, 6.45) is 2.77. The minimum atomic E-state index is -0.719. The van der Waals surface area contributed by atoms with Gasteiger partial charge in [0, 0.05) is 10.3 Å². The Morgan fingerprint density at radius 2 is 2.21 bits per heavy atom. The van der Waals surface area contributed by atoms with Crippen molar-refractivity contribution in [3.63, 3.8) is 0 Å². The first-order valence-electron chi connectivity index (χ1n) is 8.98.